The normalized spacial score (nSPS) is 11.6. The van der Waals surface area contributed by atoms with Crippen LogP contribution < -0.4 is 5.32 Å². The van der Waals surface area contributed by atoms with Gasteiger partial charge in [0, 0.05) is 37.7 Å². The van der Waals surface area contributed by atoms with Crippen molar-refractivity contribution in [2.24, 2.45) is 0 Å². The van der Waals surface area contributed by atoms with E-state index in [4.69, 9.17) is 4.52 Å². The number of carbonyl (C=O) groups is 1. The molecule has 1 aromatic heterocycles. The summed E-state index contributed by atoms with van der Waals surface area (Å²) in [7, 11) is -2.17. The van der Waals surface area contributed by atoms with E-state index in [1.165, 1.54) is 23.5 Å². The van der Waals surface area contributed by atoms with Crippen LogP contribution in [0.15, 0.2) is 64.0 Å². The van der Waals surface area contributed by atoms with Crippen LogP contribution in [0.1, 0.15) is 19.2 Å². The summed E-state index contributed by atoms with van der Waals surface area (Å²) in [6.07, 6.45) is 0.668. The number of hydrogen-bond acceptors (Lipinski definition) is 6. The topological polar surface area (TPSA) is 105 Å². The van der Waals surface area contributed by atoms with Crippen LogP contribution in [0.5, 0.6) is 0 Å². The molecular weight excluding hydrogens is 392 g/mol. The number of hydrogen-bond donors (Lipinski definition) is 1. The zero-order chi connectivity index (χ0) is 20.9. The maximum absolute atomic E-state index is 12.7. The molecule has 0 bridgehead atoms. The summed E-state index contributed by atoms with van der Waals surface area (Å²) in [5.74, 6) is 0.701. The van der Waals surface area contributed by atoms with Crippen LogP contribution in [0.4, 0.5) is 5.69 Å². The Morgan fingerprint density at radius 1 is 1.10 bits per heavy atom. The lowest BCUT2D eigenvalue weighted by Crippen LogP contribution is -2.29. The molecule has 0 aliphatic carbocycles. The van der Waals surface area contributed by atoms with Crippen molar-refractivity contribution >= 4 is 21.6 Å². The predicted molar refractivity (Wildman–Crippen MR) is 109 cm³/mol. The monoisotopic (exact) mass is 414 g/mol. The van der Waals surface area contributed by atoms with Crippen LogP contribution in [0.25, 0.3) is 11.5 Å². The highest BCUT2D eigenvalue weighted by molar-refractivity contribution is 7.89. The minimum absolute atomic E-state index is 0.132. The van der Waals surface area contributed by atoms with Crippen LogP contribution in [0, 0.1) is 0 Å². The summed E-state index contributed by atoms with van der Waals surface area (Å²) >= 11 is 0. The molecule has 0 spiro atoms. The van der Waals surface area contributed by atoms with Crippen molar-refractivity contribution in [3.8, 4) is 11.5 Å². The van der Waals surface area contributed by atoms with E-state index < -0.39 is 10.0 Å². The fourth-order valence-electron chi connectivity index (χ4n) is 2.57. The van der Waals surface area contributed by atoms with Crippen LogP contribution in [0.2, 0.25) is 0 Å². The number of nitrogens with one attached hydrogen (secondary N) is 1. The van der Waals surface area contributed by atoms with Crippen LogP contribution in [-0.2, 0) is 21.2 Å². The minimum Gasteiger partial charge on any atom is -0.334 e. The van der Waals surface area contributed by atoms with Gasteiger partial charge in [0.05, 0.1) is 4.90 Å². The summed E-state index contributed by atoms with van der Waals surface area (Å²) in [4.78, 5) is 15.9. The van der Waals surface area contributed by atoms with E-state index in [-0.39, 0.29) is 17.3 Å². The van der Waals surface area contributed by atoms with Gasteiger partial charge in [-0.1, -0.05) is 30.3 Å². The first-order valence-corrected chi connectivity index (χ1v) is 10.6. The van der Waals surface area contributed by atoms with Crippen LogP contribution in [-0.4, -0.2) is 42.4 Å². The average molecular weight is 414 g/mol. The molecule has 0 atom stereocenters. The number of nitrogens with zero attached hydrogens (tertiary/aromatic N) is 3. The maximum Gasteiger partial charge on any atom is 0.257 e. The van der Waals surface area contributed by atoms with Gasteiger partial charge in [0.15, 0.2) is 5.82 Å². The molecule has 0 radical (unpaired) electrons. The highest BCUT2D eigenvalue weighted by Crippen LogP contribution is 2.19. The van der Waals surface area contributed by atoms with Gasteiger partial charge in [-0.25, -0.2) is 12.7 Å². The van der Waals surface area contributed by atoms with E-state index >= 15 is 0 Å². The van der Waals surface area contributed by atoms with Gasteiger partial charge in [-0.15, -0.1) is 0 Å². The lowest BCUT2D eigenvalue weighted by molar-refractivity contribution is -0.115. The lowest BCUT2D eigenvalue weighted by atomic mass is 10.2. The number of likely N-dealkylation sites (N-methyl/N-ethyl adjacent to an activating group) is 1. The summed E-state index contributed by atoms with van der Waals surface area (Å²) in [5, 5.41) is 6.61. The van der Waals surface area contributed by atoms with Gasteiger partial charge < -0.3 is 9.84 Å². The molecule has 29 heavy (non-hydrogen) atoms. The molecule has 3 aromatic rings. The van der Waals surface area contributed by atoms with Crippen molar-refractivity contribution in [2.75, 3.05) is 18.9 Å². The smallest absolute Gasteiger partial charge is 0.257 e. The number of amides is 1. The highest BCUT2D eigenvalue weighted by Gasteiger charge is 2.21. The van der Waals surface area contributed by atoms with E-state index in [2.05, 4.69) is 15.5 Å². The molecule has 0 unspecified atom stereocenters. The SMILES string of the molecule is CCC(=O)Nc1ccc(S(=O)(=O)N(C)CCc2noc(-c3ccccc3)n2)cc1. The quantitative estimate of drug-likeness (QED) is 0.608. The zero-order valence-electron chi connectivity index (χ0n) is 16.2. The van der Waals surface area contributed by atoms with E-state index in [9.17, 15) is 13.2 Å². The summed E-state index contributed by atoms with van der Waals surface area (Å²) in [5.41, 5.74) is 1.36. The number of aromatic nitrogens is 2. The zero-order valence-corrected chi connectivity index (χ0v) is 17.0. The third kappa shape index (κ3) is 5.07. The Labute approximate surface area is 169 Å². The Bertz CT molecular complexity index is 1060. The van der Waals surface area contributed by atoms with E-state index in [0.717, 1.165) is 5.56 Å². The number of rotatable bonds is 8. The molecular formula is C20H22N4O4S. The number of carbonyl (C=O) groups excluding carboxylic acids is 1. The third-order valence-corrected chi connectivity index (χ3v) is 6.18. The molecule has 2 aromatic carbocycles. The van der Waals surface area contributed by atoms with Gasteiger partial charge in [-0.3, -0.25) is 4.79 Å². The fourth-order valence-corrected chi connectivity index (χ4v) is 3.74. The van der Waals surface area contributed by atoms with Crippen molar-refractivity contribution in [3.05, 3.63) is 60.4 Å². The average Bonchev–Trinajstić information content (AvgIpc) is 3.22. The summed E-state index contributed by atoms with van der Waals surface area (Å²) < 4.78 is 32.0. The Hall–Kier alpha value is -3.04. The van der Waals surface area contributed by atoms with Crippen LogP contribution >= 0.6 is 0 Å². The molecule has 1 heterocycles. The second kappa shape index (κ2) is 8.97. The van der Waals surface area contributed by atoms with Crippen LogP contribution in [0.3, 0.4) is 0 Å². The molecule has 1 amide bonds. The predicted octanol–water partition coefficient (Wildman–Crippen LogP) is 2.95. The number of benzene rings is 2. The molecule has 152 valence electrons. The number of sulfonamides is 1. The van der Waals surface area contributed by atoms with E-state index in [0.29, 0.717) is 30.2 Å². The Morgan fingerprint density at radius 2 is 1.79 bits per heavy atom. The Kier molecular flexibility index (Phi) is 6.40. The maximum atomic E-state index is 12.7. The molecule has 9 heteroatoms. The van der Waals surface area contributed by atoms with Gasteiger partial charge in [0.1, 0.15) is 0 Å². The van der Waals surface area contributed by atoms with Gasteiger partial charge in [-0.05, 0) is 36.4 Å². The molecule has 8 nitrogen and oxygen atoms in total. The molecule has 0 fully saturated rings. The van der Waals surface area contributed by atoms with Gasteiger partial charge in [-0.2, -0.15) is 4.98 Å². The first kappa shape index (κ1) is 20.7. The van der Waals surface area contributed by atoms with Crippen molar-refractivity contribution < 1.29 is 17.7 Å². The first-order chi connectivity index (χ1) is 13.9. The lowest BCUT2D eigenvalue weighted by Gasteiger charge is -2.16. The molecule has 0 saturated heterocycles. The molecule has 0 saturated carbocycles. The first-order valence-electron chi connectivity index (χ1n) is 9.14. The summed E-state index contributed by atoms with van der Waals surface area (Å²) in [6.45, 7) is 1.94. The summed E-state index contributed by atoms with van der Waals surface area (Å²) in [6, 6.07) is 15.4. The van der Waals surface area contributed by atoms with Gasteiger partial charge >= 0.3 is 0 Å². The second-order valence-corrected chi connectivity index (χ2v) is 8.43. The molecule has 3 rings (SSSR count). The van der Waals surface area contributed by atoms with Crippen molar-refractivity contribution in [3.63, 3.8) is 0 Å². The number of anilines is 1. The van der Waals surface area contributed by atoms with Crippen molar-refractivity contribution in [1.82, 2.24) is 14.4 Å². The second-order valence-electron chi connectivity index (χ2n) is 6.38. The molecule has 0 aliphatic rings. The van der Waals surface area contributed by atoms with E-state index in [1.807, 2.05) is 30.3 Å². The Morgan fingerprint density at radius 3 is 2.45 bits per heavy atom. The third-order valence-electron chi connectivity index (χ3n) is 4.31. The van der Waals surface area contributed by atoms with Crippen molar-refractivity contribution in [2.45, 2.75) is 24.7 Å². The standard InChI is InChI=1S/C20H22N4O4S/c1-3-19(25)21-16-9-11-17(12-10-16)29(26,27)24(2)14-13-18-22-20(28-23-18)15-7-5-4-6-8-15/h4-12H,3,13-14H2,1-2H3,(H,21,25). The van der Waals surface area contributed by atoms with Gasteiger partial charge in [0.2, 0.25) is 15.9 Å². The fraction of sp³-hybridized carbons (Fsp3) is 0.250. The van der Waals surface area contributed by atoms with E-state index in [1.54, 1.807) is 19.1 Å². The Balaban J connectivity index is 1.63. The minimum atomic E-state index is -3.67. The molecule has 0 aliphatic heterocycles. The van der Waals surface area contributed by atoms with Gasteiger partial charge in [0.25, 0.3) is 5.89 Å². The highest BCUT2D eigenvalue weighted by atomic mass is 32.2. The molecule has 1 N–H and O–H groups in total. The van der Waals surface area contributed by atoms with Crippen molar-refractivity contribution in [1.29, 1.82) is 0 Å². The largest absolute Gasteiger partial charge is 0.334 e.